The zero-order chi connectivity index (χ0) is 18.4. The van der Waals surface area contributed by atoms with E-state index in [4.69, 9.17) is 0 Å². The Bertz CT molecular complexity index is 747. The second-order valence-corrected chi connectivity index (χ2v) is 6.60. The fourth-order valence-electron chi connectivity index (χ4n) is 3.28. The third-order valence-corrected chi connectivity index (χ3v) is 4.72. The first-order valence-corrected chi connectivity index (χ1v) is 8.90. The maximum Gasteiger partial charge on any atom is 0.269 e. The zero-order valence-electron chi connectivity index (χ0n) is 14.6. The van der Waals surface area contributed by atoms with Crippen LogP contribution in [0.5, 0.6) is 0 Å². The van der Waals surface area contributed by atoms with Crippen LogP contribution in [0.15, 0.2) is 59.7 Å². The molecule has 1 aliphatic rings. The lowest BCUT2D eigenvalue weighted by molar-refractivity contribution is -0.384. The van der Waals surface area contributed by atoms with Crippen LogP contribution in [0, 0.1) is 10.1 Å². The van der Waals surface area contributed by atoms with Gasteiger partial charge in [0.1, 0.15) is 0 Å². The van der Waals surface area contributed by atoms with E-state index in [1.165, 1.54) is 12.1 Å². The molecule has 2 atom stereocenters. The molecule has 2 aromatic carbocycles. The summed E-state index contributed by atoms with van der Waals surface area (Å²) in [4.78, 5) is 10.3. The molecule has 26 heavy (non-hydrogen) atoms. The van der Waals surface area contributed by atoms with E-state index in [1.807, 2.05) is 35.3 Å². The molecule has 3 rings (SSSR count). The van der Waals surface area contributed by atoms with Crippen molar-refractivity contribution in [3.05, 3.63) is 75.8 Å². The number of non-ortho nitro benzene ring substituents is 1. The van der Waals surface area contributed by atoms with Gasteiger partial charge in [0.25, 0.3) is 5.69 Å². The molecule has 6 heteroatoms. The molecular formula is C20H23N3O3. The van der Waals surface area contributed by atoms with Crippen LogP contribution in [-0.4, -0.2) is 33.4 Å². The molecule has 0 aromatic heterocycles. The van der Waals surface area contributed by atoms with Crippen molar-refractivity contribution in [2.75, 3.05) is 0 Å². The van der Waals surface area contributed by atoms with Crippen LogP contribution in [0.2, 0.25) is 0 Å². The number of benzene rings is 2. The van der Waals surface area contributed by atoms with Gasteiger partial charge < -0.3 is 5.11 Å². The van der Waals surface area contributed by atoms with Gasteiger partial charge in [-0.2, -0.15) is 5.10 Å². The summed E-state index contributed by atoms with van der Waals surface area (Å²) in [6.07, 6.45) is 5.15. The van der Waals surface area contributed by atoms with Gasteiger partial charge >= 0.3 is 0 Å². The monoisotopic (exact) mass is 353 g/mol. The minimum absolute atomic E-state index is 0.0155. The van der Waals surface area contributed by atoms with E-state index in [1.54, 1.807) is 18.3 Å². The number of nitro groups is 1. The molecule has 1 saturated carbocycles. The molecule has 0 aliphatic heterocycles. The van der Waals surface area contributed by atoms with Crippen molar-refractivity contribution in [2.45, 2.75) is 44.4 Å². The lowest BCUT2D eigenvalue weighted by atomic mass is 9.92. The van der Waals surface area contributed by atoms with E-state index < -0.39 is 4.92 Å². The van der Waals surface area contributed by atoms with Gasteiger partial charge in [-0.1, -0.05) is 43.2 Å². The number of nitrogens with zero attached hydrogens (tertiary/aromatic N) is 3. The average Bonchev–Trinajstić information content (AvgIpc) is 2.67. The number of hydrogen-bond acceptors (Lipinski definition) is 5. The van der Waals surface area contributed by atoms with Gasteiger partial charge in [-0.3, -0.25) is 15.1 Å². The third-order valence-electron chi connectivity index (χ3n) is 4.72. The van der Waals surface area contributed by atoms with Crippen molar-refractivity contribution < 1.29 is 10.0 Å². The van der Waals surface area contributed by atoms with E-state index in [2.05, 4.69) is 5.10 Å². The summed E-state index contributed by atoms with van der Waals surface area (Å²) < 4.78 is 0. The van der Waals surface area contributed by atoms with Crippen LogP contribution in [0.25, 0.3) is 0 Å². The van der Waals surface area contributed by atoms with E-state index in [-0.39, 0.29) is 17.8 Å². The van der Waals surface area contributed by atoms with Gasteiger partial charge in [0, 0.05) is 12.1 Å². The molecule has 0 unspecified atom stereocenters. The smallest absolute Gasteiger partial charge is 0.269 e. The summed E-state index contributed by atoms with van der Waals surface area (Å²) in [6, 6.07) is 16.3. The number of hydrogen-bond donors (Lipinski definition) is 1. The molecule has 0 radical (unpaired) electrons. The van der Waals surface area contributed by atoms with Crippen molar-refractivity contribution >= 4 is 11.9 Å². The molecule has 2 aromatic rings. The Kier molecular flexibility index (Phi) is 5.96. The van der Waals surface area contributed by atoms with Crippen LogP contribution in [0.1, 0.15) is 36.8 Å². The largest absolute Gasteiger partial charge is 0.391 e. The highest BCUT2D eigenvalue weighted by Gasteiger charge is 2.28. The summed E-state index contributed by atoms with van der Waals surface area (Å²) >= 11 is 0. The first kappa shape index (κ1) is 18.1. The van der Waals surface area contributed by atoms with E-state index in [0.717, 1.165) is 36.8 Å². The van der Waals surface area contributed by atoms with Crippen molar-refractivity contribution in [2.24, 2.45) is 5.10 Å². The summed E-state index contributed by atoms with van der Waals surface area (Å²) in [5.74, 6) is 0. The maximum atomic E-state index is 10.8. The molecule has 1 aliphatic carbocycles. The Hall–Kier alpha value is -2.73. The van der Waals surface area contributed by atoms with Crippen LogP contribution < -0.4 is 0 Å². The van der Waals surface area contributed by atoms with Gasteiger partial charge in [-0.15, -0.1) is 0 Å². The predicted octanol–water partition coefficient (Wildman–Crippen LogP) is 3.73. The minimum Gasteiger partial charge on any atom is -0.391 e. The number of nitro benzene ring substituents is 1. The Balaban J connectivity index is 1.78. The van der Waals surface area contributed by atoms with Gasteiger partial charge in [0.15, 0.2) is 0 Å². The van der Waals surface area contributed by atoms with Crippen LogP contribution in [0.4, 0.5) is 5.69 Å². The molecule has 0 heterocycles. The highest BCUT2D eigenvalue weighted by atomic mass is 16.6. The van der Waals surface area contributed by atoms with E-state index in [0.29, 0.717) is 6.54 Å². The zero-order valence-corrected chi connectivity index (χ0v) is 14.6. The standard InChI is InChI=1S/C20H23N3O3/c24-20-9-5-4-8-19(20)22(15-17-6-2-1-3-7-17)21-14-16-10-12-18(13-11-16)23(25)26/h1-3,6-7,10-14,19-20,24H,4-5,8-9,15H2/b21-14+/t19-,20-/m0/s1. The quantitative estimate of drug-likeness (QED) is 0.487. The predicted molar refractivity (Wildman–Crippen MR) is 101 cm³/mol. The maximum absolute atomic E-state index is 10.8. The summed E-state index contributed by atoms with van der Waals surface area (Å²) in [7, 11) is 0. The molecule has 136 valence electrons. The van der Waals surface area contributed by atoms with Crippen molar-refractivity contribution in [3.63, 3.8) is 0 Å². The fourth-order valence-corrected chi connectivity index (χ4v) is 3.28. The Morgan fingerprint density at radius 3 is 2.46 bits per heavy atom. The highest BCUT2D eigenvalue weighted by Crippen LogP contribution is 2.25. The molecular weight excluding hydrogens is 330 g/mol. The van der Waals surface area contributed by atoms with Crippen LogP contribution in [-0.2, 0) is 6.54 Å². The number of rotatable bonds is 6. The summed E-state index contributed by atoms with van der Waals surface area (Å²) in [5.41, 5.74) is 1.98. The second kappa shape index (κ2) is 8.58. The van der Waals surface area contributed by atoms with Crippen molar-refractivity contribution in [3.8, 4) is 0 Å². The Morgan fingerprint density at radius 2 is 1.81 bits per heavy atom. The van der Waals surface area contributed by atoms with Gasteiger partial charge in [0.2, 0.25) is 0 Å². The Morgan fingerprint density at radius 1 is 1.12 bits per heavy atom. The second-order valence-electron chi connectivity index (χ2n) is 6.60. The molecule has 1 N–H and O–H groups in total. The Labute approximate surface area is 152 Å². The van der Waals surface area contributed by atoms with E-state index in [9.17, 15) is 15.2 Å². The molecule has 0 bridgehead atoms. The molecule has 0 spiro atoms. The van der Waals surface area contributed by atoms with Crippen molar-refractivity contribution in [1.82, 2.24) is 5.01 Å². The summed E-state index contributed by atoms with van der Waals surface area (Å²) in [6.45, 7) is 0.617. The van der Waals surface area contributed by atoms with Gasteiger partial charge in [0.05, 0.1) is 29.8 Å². The van der Waals surface area contributed by atoms with Crippen LogP contribution >= 0.6 is 0 Å². The lowest BCUT2D eigenvalue weighted by Gasteiger charge is -2.35. The lowest BCUT2D eigenvalue weighted by Crippen LogP contribution is -2.42. The number of hydrazone groups is 1. The average molecular weight is 353 g/mol. The first-order valence-electron chi connectivity index (χ1n) is 8.90. The normalized spacial score (nSPS) is 20.2. The highest BCUT2D eigenvalue weighted by molar-refractivity contribution is 5.79. The molecule has 0 saturated heterocycles. The number of aliphatic hydroxyl groups excluding tert-OH is 1. The first-order chi connectivity index (χ1) is 12.6. The van der Waals surface area contributed by atoms with Crippen molar-refractivity contribution in [1.29, 1.82) is 0 Å². The van der Waals surface area contributed by atoms with Crippen LogP contribution in [0.3, 0.4) is 0 Å². The van der Waals surface area contributed by atoms with E-state index >= 15 is 0 Å². The number of aliphatic hydroxyl groups is 1. The molecule has 0 amide bonds. The van der Waals surface area contributed by atoms with Gasteiger partial charge in [-0.05, 0) is 36.1 Å². The molecule has 1 fully saturated rings. The SMILES string of the molecule is O=[N+]([O-])c1ccc(/C=N/N(Cc2ccccc2)[C@H]2CCCC[C@@H]2O)cc1. The molecule has 6 nitrogen and oxygen atoms in total. The topological polar surface area (TPSA) is 79.0 Å². The minimum atomic E-state index is -0.416. The van der Waals surface area contributed by atoms with Gasteiger partial charge in [-0.25, -0.2) is 0 Å². The third kappa shape index (κ3) is 4.67. The summed E-state index contributed by atoms with van der Waals surface area (Å²) in [5, 5.41) is 27.7. The fraction of sp³-hybridized carbons (Fsp3) is 0.350.